The van der Waals surface area contributed by atoms with Crippen LogP contribution in [0.15, 0.2) is 0 Å². The van der Waals surface area contributed by atoms with E-state index in [1.54, 1.807) is 0 Å². The summed E-state index contributed by atoms with van der Waals surface area (Å²) in [6.45, 7) is 4.30. The summed E-state index contributed by atoms with van der Waals surface area (Å²) in [6, 6.07) is 0.600. The van der Waals surface area contributed by atoms with Crippen LogP contribution in [0.5, 0.6) is 0 Å². The maximum absolute atomic E-state index is 3.93. The molecule has 0 saturated heterocycles. The molecule has 0 fully saturated rings. The molecule has 0 heterocycles. The Morgan fingerprint density at radius 2 is 1.86 bits per heavy atom. The van der Waals surface area contributed by atoms with Gasteiger partial charge in [0, 0.05) is 6.04 Å². The largest absolute Gasteiger partial charge is 0.264 e. The van der Waals surface area contributed by atoms with Gasteiger partial charge in [0.05, 0.1) is 0 Å². The summed E-state index contributed by atoms with van der Waals surface area (Å²) >= 11 is 3.93. The van der Waals surface area contributed by atoms with E-state index in [4.69, 9.17) is 0 Å². The Bertz CT molecular complexity index is 29.6. The van der Waals surface area contributed by atoms with Crippen molar-refractivity contribution in [1.82, 2.24) is 4.72 Å². The van der Waals surface area contributed by atoms with Crippen LogP contribution in [0, 0.1) is 0 Å². The molecular weight excluding hydrogens is 106 g/mol. The average molecular weight is 119 g/mol. The molecule has 0 aromatic heterocycles. The predicted molar refractivity (Wildman–Crippen MR) is 36.5 cm³/mol. The number of nitrogens with one attached hydrogen (secondary N) is 1. The highest BCUT2D eigenvalue weighted by Gasteiger charge is 1.95. The molecule has 0 amide bonds. The summed E-state index contributed by atoms with van der Waals surface area (Å²) in [4.78, 5) is 0. The van der Waals surface area contributed by atoms with E-state index in [9.17, 15) is 0 Å². The summed E-state index contributed by atoms with van der Waals surface area (Å²) in [5, 5.41) is 0. The molecule has 0 atom stereocenters. The van der Waals surface area contributed by atoms with E-state index >= 15 is 0 Å². The van der Waals surface area contributed by atoms with Gasteiger partial charge in [-0.3, -0.25) is 4.72 Å². The van der Waals surface area contributed by atoms with Gasteiger partial charge in [0.15, 0.2) is 0 Å². The van der Waals surface area contributed by atoms with Crippen molar-refractivity contribution in [3.8, 4) is 0 Å². The molecule has 0 unspecified atom stereocenters. The fraction of sp³-hybridized carbons (Fsp3) is 1.00. The van der Waals surface area contributed by atoms with E-state index in [-0.39, 0.29) is 0 Å². The molecule has 0 aliphatic carbocycles. The summed E-state index contributed by atoms with van der Waals surface area (Å²) in [6.07, 6.45) is 2.33. The van der Waals surface area contributed by atoms with Crippen LogP contribution < -0.4 is 4.72 Å². The molecule has 0 bridgehead atoms. The van der Waals surface area contributed by atoms with Crippen LogP contribution in [-0.4, -0.2) is 6.04 Å². The third-order valence-corrected chi connectivity index (χ3v) is 1.53. The maximum atomic E-state index is 3.93. The zero-order chi connectivity index (χ0) is 5.70. The van der Waals surface area contributed by atoms with Crippen molar-refractivity contribution in [2.75, 3.05) is 0 Å². The van der Waals surface area contributed by atoms with Crippen molar-refractivity contribution in [3.05, 3.63) is 0 Å². The SMILES string of the molecule is CCC(CC)NS. The Morgan fingerprint density at radius 1 is 1.43 bits per heavy atom. The van der Waals surface area contributed by atoms with Crippen molar-refractivity contribution < 1.29 is 0 Å². The molecule has 0 aliphatic rings. The minimum atomic E-state index is 0.600. The maximum Gasteiger partial charge on any atom is 0.0164 e. The van der Waals surface area contributed by atoms with Crippen molar-refractivity contribution in [2.45, 2.75) is 32.7 Å². The molecule has 0 aromatic rings. The summed E-state index contributed by atoms with van der Waals surface area (Å²) in [5.74, 6) is 0. The summed E-state index contributed by atoms with van der Waals surface area (Å²) < 4.78 is 2.90. The Labute approximate surface area is 51.0 Å². The topological polar surface area (TPSA) is 12.0 Å². The minimum Gasteiger partial charge on any atom is -0.264 e. The quantitative estimate of drug-likeness (QED) is 0.538. The molecule has 1 nitrogen and oxygen atoms in total. The highest BCUT2D eigenvalue weighted by Crippen LogP contribution is 1.94. The molecule has 7 heavy (non-hydrogen) atoms. The molecule has 0 rings (SSSR count). The van der Waals surface area contributed by atoms with E-state index in [1.807, 2.05) is 0 Å². The second-order valence-corrected chi connectivity index (χ2v) is 1.90. The third-order valence-electron chi connectivity index (χ3n) is 1.17. The van der Waals surface area contributed by atoms with E-state index in [1.165, 1.54) is 12.8 Å². The van der Waals surface area contributed by atoms with Gasteiger partial charge < -0.3 is 0 Å². The van der Waals surface area contributed by atoms with Crippen LogP contribution in [0.1, 0.15) is 26.7 Å². The smallest absolute Gasteiger partial charge is 0.0164 e. The first-order valence-electron chi connectivity index (χ1n) is 2.74. The zero-order valence-electron chi connectivity index (χ0n) is 4.94. The van der Waals surface area contributed by atoms with Gasteiger partial charge in [-0.2, -0.15) is 0 Å². The highest BCUT2D eigenvalue weighted by molar-refractivity contribution is 7.78. The second-order valence-electron chi connectivity index (χ2n) is 1.64. The average Bonchev–Trinajstić information content (AvgIpc) is 1.72. The fourth-order valence-electron chi connectivity index (χ4n) is 0.471. The lowest BCUT2D eigenvalue weighted by Crippen LogP contribution is -2.17. The first kappa shape index (κ1) is 7.31. The van der Waals surface area contributed by atoms with Crippen LogP contribution in [-0.2, 0) is 0 Å². The number of thiol groups is 1. The second kappa shape index (κ2) is 4.47. The normalized spacial score (nSPS) is 10.3. The Morgan fingerprint density at radius 3 is 1.86 bits per heavy atom. The Kier molecular flexibility index (Phi) is 4.67. The number of rotatable bonds is 3. The number of hydrogen-bond acceptors (Lipinski definition) is 2. The van der Waals surface area contributed by atoms with Gasteiger partial charge in [-0.05, 0) is 12.8 Å². The van der Waals surface area contributed by atoms with Gasteiger partial charge in [-0.25, -0.2) is 0 Å². The van der Waals surface area contributed by atoms with E-state index in [0.717, 1.165) is 0 Å². The van der Waals surface area contributed by atoms with Gasteiger partial charge in [-0.1, -0.05) is 26.7 Å². The van der Waals surface area contributed by atoms with Gasteiger partial charge in [0.25, 0.3) is 0 Å². The first-order chi connectivity index (χ1) is 3.35. The lowest BCUT2D eigenvalue weighted by Gasteiger charge is -2.07. The molecule has 0 radical (unpaired) electrons. The van der Waals surface area contributed by atoms with Crippen molar-refractivity contribution >= 4 is 12.8 Å². The van der Waals surface area contributed by atoms with Crippen LogP contribution in [0.4, 0.5) is 0 Å². The Hall–Kier alpha value is 0.310. The highest BCUT2D eigenvalue weighted by atomic mass is 32.1. The van der Waals surface area contributed by atoms with Crippen molar-refractivity contribution in [1.29, 1.82) is 0 Å². The van der Waals surface area contributed by atoms with Crippen LogP contribution in [0.2, 0.25) is 0 Å². The van der Waals surface area contributed by atoms with Crippen molar-refractivity contribution in [3.63, 3.8) is 0 Å². The number of hydrogen-bond donors (Lipinski definition) is 2. The summed E-state index contributed by atoms with van der Waals surface area (Å²) in [7, 11) is 0. The van der Waals surface area contributed by atoms with Gasteiger partial charge in [-0.15, -0.1) is 0 Å². The Balaban J connectivity index is 2.99. The van der Waals surface area contributed by atoms with E-state index in [2.05, 4.69) is 31.4 Å². The molecule has 0 spiro atoms. The fourth-order valence-corrected chi connectivity index (χ4v) is 0.836. The zero-order valence-corrected chi connectivity index (χ0v) is 5.83. The minimum absolute atomic E-state index is 0.600. The molecule has 0 aromatic carbocycles. The van der Waals surface area contributed by atoms with Gasteiger partial charge in [0.2, 0.25) is 0 Å². The van der Waals surface area contributed by atoms with E-state index < -0.39 is 0 Å². The molecule has 2 heteroatoms. The standard InChI is InChI=1S/C5H13NS/c1-3-5(4-2)6-7/h5-7H,3-4H2,1-2H3. The van der Waals surface area contributed by atoms with Crippen molar-refractivity contribution in [2.24, 2.45) is 0 Å². The summed E-state index contributed by atoms with van der Waals surface area (Å²) in [5.41, 5.74) is 0. The molecule has 1 N–H and O–H groups in total. The molecular formula is C5H13NS. The van der Waals surface area contributed by atoms with E-state index in [0.29, 0.717) is 6.04 Å². The molecule has 44 valence electrons. The molecule has 0 aliphatic heterocycles. The van der Waals surface area contributed by atoms with Crippen LogP contribution in [0.3, 0.4) is 0 Å². The lowest BCUT2D eigenvalue weighted by atomic mass is 10.2. The van der Waals surface area contributed by atoms with Gasteiger partial charge in [0.1, 0.15) is 0 Å². The van der Waals surface area contributed by atoms with Crippen LogP contribution in [0.25, 0.3) is 0 Å². The first-order valence-corrected chi connectivity index (χ1v) is 3.19. The van der Waals surface area contributed by atoms with Gasteiger partial charge >= 0.3 is 0 Å². The molecule has 0 saturated carbocycles. The monoisotopic (exact) mass is 119 g/mol. The van der Waals surface area contributed by atoms with Crippen LogP contribution >= 0.6 is 12.8 Å². The predicted octanol–water partition coefficient (Wildman–Crippen LogP) is 1.61. The third kappa shape index (κ3) is 2.94. The lowest BCUT2D eigenvalue weighted by molar-refractivity contribution is 0.594.